The van der Waals surface area contributed by atoms with E-state index < -0.39 is 0 Å². The highest BCUT2D eigenvalue weighted by molar-refractivity contribution is 5.81. The second kappa shape index (κ2) is 12.2. The Morgan fingerprint density at radius 1 is 1.19 bits per heavy atom. The Morgan fingerprint density at radius 2 is 1.81 bits per heavy atom. The summed E-state index contributed by atoms with van der Waals surface area (Å²) in [6.07, 6.45) is 22.8. The van der Waals surface area contributed by atoms with Gasteiger partial charge in [0.2, 0.25) is 5.91 Å². The first-order chi connectivity index (χ1) is 14.8. The van der Waals surface area contributed by atoms with E-state index >= 15 is 0 Å². The number of hydrogen-bond acceptors (Lipinski definition) is 3. The molecule has 168 valence electrons. The van der Waals surface area contributed by atoms with Gasteiger partial charge in [-0.1, -0.05) is 37.5 Å². The summed E-state index contributed by atoms with van der Waals surface area (Å²) in [4.78, 5) is 17.0. The molecular weight excluding hydrogens is 382 g/mol. The van der Waals surface area contributed by atoms with Crippen LogP contribution in [0.5, 0.6) is 0 Å². The summed E-state index contributed by atoms with van der Waals surface area (Å²) < 4.78 is 0. The normalized spacial score (nSPS) is 19.5. The zero-order valence-electron chi connectivity index (χ0n) is 19.9. The molecule has 0 radical (unpaired) electrons. The van der Waals surface area contributed by atoms with E-state index in [2.05, 4.69) is 55.4 Å². The first-order valence-electron chi connectivity index (χ1n) is 10.8. The molecule has 1 spiro atoms. The van der Waals surface area contributed by atoms with Crippen molar-refractivity contribution < 1.29 is 4.79 Å². The number of amides is 1. The molecule has 4 nitrogen and oxygen atoms in total. The molecule has 1 saturated heterocycles. The molecule has 0 bridgehead atoms. The van der Waals surface area contributed by atoms with Crippen molar-refractivity contribution in [2.45, 2.75) is 40.0 Å². The third-order valence-electron chi connectivity index (χ3n) is 6.09. The molecule has 0 aromatic carbocycles. The molecular formula is C27H39N3O. The van der Waals surface area contributed by atoms with Crippen LogP contribution in [0.3, 0.4) is 0 Å². The topological polar surface area (TPSA) is 35.6 Å². The molecule has 4 heteroatoms. The number of allylic oxidation sites excluding steroid dienone is 8. The number of nitrogens with zero attached hydrogens (tertiary/aromatic N) is 2. The van der Waals surface area contributed by atoms with E-state index in [1.165, 1.54) is 0 Å². The molecule has 1 aliphatic heterocycles. The Labute approximate surface area is 189 Å². The summed E-state index contributed by atoms with van der Waals surface area (Å²) in [6, 6.07) is 0. The van der Waals surface area contributed by atoms with Crippen LogP contribution in [0, 0.1) is 24.2 Å². The molecule has 1 saturated carbocycles. The van der Waals surface area contributed by atoms with Crippen LogP contribution in [0.25, 0.3) is 0 Å². The van der Waals surface area contributed by atoms with Gasteiger partial charge in [0.05, 0.1) is 0 Å². The van der Waals surface area contributed by atoms with Gasteiger partial charge in [-0.15, -0.1) is 12.8 Å². The lowest BCUT2D eigenvalue weighted by Crippen LogP contribution is -2.62. The van der Waals surface area contributed by atoms with E-state index in [9.17, 15) is 4.79 Å². The van der Waals surface area contributed by atoms with Gasteiger partial charge in [0.15, 0.2) is 0 Å². The van der Waals surface area contributed by atoms with E-state index in [-0.39, 0.29) is 11.8 Å². The quantitative estimate of drug-likeness (QED) is 0.419. The van der Waals surface area contributed by atoms with E-state index in [4.69, 9.17) is 0 Å². The van der Waals surface area contributed by atoms with Gasteiger partial charge in [0.1, 0.15) is 0 Å². The molecule has 0 atom stereocenters. The summed E-state index contributed by atoms with van der Waals surface area (Å²) in [7, 11) is 4.14. The van der Waals surface area contributed by atoms with E-state index in [1.54, 1.807) is 6.20 Å². The Kier molecular flexibility index (Phi) is 10.3. The molecule has 1 N–H and O–H groups in total. The maximum Gasteiger partial charge on any atom is 0.227 e. The minimum absolute atomic E-state index is 0.149. The molecule has 1 amide bonds. The lowest BCUT2D eigenvalue weighted by atomic mass is 9.57. The number of carbonyl (C=O) groups is 1. The maximum atomic E-state index is 12.6. The Hall–Kier alpha value is -2.77. The summed E-state index contributed by atoms with van der Waals surface area (Å²) in [5.41, 5.74) is 4.56. The van der Waals surface area contributed by atoms with Gasteiger partial charge in [-0.25, -0.2) is 0 Å². The number of nitrogens with one attached hydrogen (secondary N) is 1. The summed E-state index contributed by atoms with van der Waals surface area (Å²) in [5, 5.41) is 3.11. The van der Waals surface area contributed by atoms with Gasteiger partial charge in [0.25, 0.3) is 0 Å². The lowest BCUT2D eigenvalue weighted by Gasteiger charge is -2.57. The molecule has 0 aromatic heterocycles. The van der Waals surface area contributed by atoms with Gasteiger partial charge in [0, 0.05) is 43.9 Å². The van der Waals surface area contributed by atoms with Crippen LogP contribution in [0.15, 0.2) is 72.3 Å². The largest absolute Gasteiger partial charge is 0.355 e. The predicted molar refractivity (Wildman–Crippen MR) is 133 cm³/mol. The number of likely N-dealkylation sites (tertiary alicyclic amines) is 1. The molecule has 1 heterocycles. The first kappa shape index (κ1) is 26.3. The van der Waals surface area contributed by atoms with Crippen molar-refractivity contribution in [2.75, 3.05) is 27.2 Å². The highest BCUT2D eigenvalue weighted by atomic mass is 16.1. The number of rotatable bonds is 9. The van der Waals surface area contributed by atoms with E-state index in [1.807, 2.05) is 50.9 Å². The van der Waals surface area contributed by atoms with Crippen molar-refractivity contribution >= 4 is 5.91 Å². The molecule has 31 heavy (non-hydrogen) atoms. The first-order valence-corrected chi connectivity index (χ1v) is 10.8. The zero-order valence-corrected chi connectivity index (χ0v) is 19.9. The molecule has 0 unspecified atom stereocenters. The van der Waals surface area contributed by atoms with Crippen molar-refractivity contribution in [1.29, 1.82) is 0 Å². The van der Waals surface area contributed by atoms with Crippen LogP contribution in [-0.2, 0) is 4.79 Å². The van der Waals surface area contributed by atoms with Crippen molar-refractivity contribution in [3.63, 3.8) is 0 Å². The molecule has 0 aromatic rings. The minimum Gasteiger partial charge on any atom is -0.355 e. The number of terminal acetylenes is 1. The van der Waals surface area contributed by atoms with Gasteiger partial charge in [-0.2, -0.15) is 0 Å². The van der Waals surface area contributed by atoms with E-state index in [0.29, 0.717) is 5.41 Å². The fourth-order valence-electron chi connectivity index (χ4n) is 4.55. The van der Waals surface area contributed by atoms with Gasteiger partial charge >= 0.3 is 0 Å². The fraction of sp³-hybridized carbons (Fsp3) is 0.444. The number of hydrogen-bond donors (Lipinski definition) is 1. The van der Waals surface area contributed by atoms with Gasteiger partial charge in [-0.05, 0) is 69.5 Å². The second-order valence-electron chi connectivity index (χ2n) is 8.48. The summed E-state index contributed by atoms with van der Waals surface area (Å²) in [6.45, 7) is 16.0. The third kappa shape index (κ3) is 6.87. The minimum atomic E-state index is 0.149. The highest BCUT2D eigenvalue weighted by Gasteiger charge is 2.53. The molecule has 2 aliphatic rings. The van der Waals surface area contributed by atoms with Crippen molar-refractivity contribution in [3.05, 3.63) is 72.3 Å². The smallest absolute Gasteiger partial charge is 0.227 e. The van der Waals surface area contributed by atoms with Gasteiger partial charge in [-0.3, -0.25) is 4.79 Å². The predicted octanol–water partition coefficient (Wildman–Crippen LogP) is 5.03. The van der Waals surface area contributed by atoms with E-state index in [0.717, 1.165) is 54.9 Å². The lowest BCUT2D eigenvalue weighted by molar-refractivity contribution is -0.141. The highest BCUT2D eigenvalue weighted by Crippen LogP contribution is 2.51. The summed E-state index contributed by atoms with van der Waals surface area (Å²) in [5.74, 6) is 0.301. The van der Waals surface area contributed by atoms with Crippen LogP contribution in [-0.4, -0.2) is 42.9 Å². The van der Waals surface area contributed by atoms with Crippen LogP contribution in [0.1, 0.15) is 40.0 Å². The SMILES string of the molecule is C#C.C=CC(=C/C)/C(=C\C/C(=C/C)N(C)C=C)/C=C(\C)NC(=O)C1CC2(C1)CN(C)C2. The van der Waals surface area contributed by atoms with Crippen LogP contribution in [0.4, 0.5) is 0 Å². The Balaban J connectivity index is 0.00000233. The molecule has 2 fully saturated rings. The second-order valence-corrected chi connectivity index (χ2v) is 8.48. The van der Waals surface area contributed by atoms with Crippen molar-refractivity contribution in [2.24, 2.45) is 11.3 Å². The average molecular weight is 422 g/mol. The monoisotopic (exact) mass is 421 g/mol. The van der Waals surface area contributed by atoms with Crippen LogP contribution < -0.4 is 5.32 Å². The molecule has 1 aliphatic carbocycles. The standard InChI is InChI=1S/C25H37N3O.C2H2/c1-8-20(9-2)21(12-13-23(10-3)28(7)11-4)14-19(5)26-24(29)22-15-25(16-22)17-27(6)18-25;1-2/h8-12,14,22H,1,4,13,15-18H2,2-3,5-7H3,(H,26,29);1-2H/b19-14+,20-9-,21-12-,23-10-;. The summed E-state index contributed by atoms with van der Waals surface area (Å²) >= 11 is 0. The van der Waals surface area contributed by atoms with Crippen molar-refractivity contribution in [3.8, 4) is 12.8 Å². The Bertz CT molecular complexity index is 796. The van der Waals surface area contributed by atoms with Crippen molar-refractivity contribution in [1.82, 2.24) is 15.1 Å². The van der Waals surface area contributed by atoms with Gasteiger partial charge < -0.3 is 15.1 Å². The number of carbonyl (C=O) groups excluding carboxylic acids is 1. The zero-order chi connectivity index (χ0) is 23.6. The van der Waals surface area contributed by atoms with Crippen LogP contribution in [0.2, 0.25) is 0 Å². The third-order valence-corrected chi connectivity index (χ3v) is 6.09. The fourth-order valence-corrected chi connectivity index (χ4v) is 4.55. The maximum absolute atomic E-state index is 12.6. The molecule has 2 rings (SSSR count). The average Bonchev–Trinajstić information content (AvgIpc) is 2.71. The Morgan fingerprint density at radius 3 is 2.26 bits per heavy atom. The van der Waals surface area contributed by atoms with Crippen LogP contribution >= 0.6 is 0 Å².